The van der Waals surface area contributed by atoms with Crippen LogP contribution in [0.4, 0.5) is 0 Å². The van der Waals surface area contributed by atoms with Gasteiger partial charge in [0, 0.05) is 18.5 Å². The molecule has 18 heavy (non-hydrogen) atoms. The van der Waals surface area contributed by atoms with Crippen LogP contribution >= 0.6 is 0 Å². The van der Waals surface area contributed by atoms with Gasteiger partial charge in [0.05, 0.1) is 0 Å². The highest BCUT2D eigenvalue weighted by atomic mass is 16.4. The summed E-state index contributed by atoms with van der Waals surface area (Å²) in [5, 5.41) is 15.0. The molecule has 0 saturated carbocycles. The largest absolute Gasteiger partial charge is 0.409 e. The van der Waals surface area contributed by atoms with Crippen LogP contribution in [0.15, 0.2) is 5.16 Å². The highest BCUT2D eigenvalue weighted by Gasteiger charge is 2.08. The van der Waals surface area contributed by atoms with E-state index in [1.54, 1.807) is 0 Å². The van der Waals surface area contributed by atoms with Crippen molar-refractivity contribution < 1.29 is 5.21 Å². The van der Waals surface area contributed by atoms with Crippen molar-refractivity contribution in [1.82, 2.24) is 10.2 Å². The van der Waals surface area contributed by atoms with Gasteiger partial charge >= 0.3 is 0 Å². The zero-order valence-electron chi connectivity index (χ0n) is 12.3. The van der Waals surface area contributed by atoms with Crippen LogP contribution in [0.3, 0.4) is 0 Å². The summed E-state index contributed by atoms with van der Waals surface area (Å²) in [7, 11) is 2.16. The third kappa shape index (κ3) is 8.31. The molecule has 0 heterocycles. The molecular formula is C13H30N4O. The molecule has 1 atom stereocenters. The minimum atomic E-state index is 0.300. The summed E-state index contributed by atoms with van der Waals surface area (Å²) in [6.45, 7) is 8.65. The van der Waals surface area contributed by atoms with Crippen LogP contribution in [0, 0.1) is 0 Å². The molecule has 0 aliphatic heterocycles. The quantitative estimate of drug-likeness (QED) is 0.183. The fraction of sp³-hybridized carbons (Fsp3) is 0.923. The number of rotatable bonds is 10. The summed E-state index contributed by atoms with van der Waals surface area (Å²) in [5.74, 6) is 0.300. The van der Waals surface area contributed by atoms with E-state index in [0.717, 1.165) is 25.9 Å². The number of nitrogens with zero attached hydrogens (tertiary/aromatic N) is 2. The van der Waals surface area contributed by atoms with Crippen molar-refractivity contribution in [3.8, 4) is 0 Å². The lowest BCUT2D eigenvalue weighted by molar-refractivity contribution is 0.267. The summed E-state index contributed by atoms with van der Waals surface area (Å²) in [5.41, 5.74) is 5.51. The highest BCUT2D eigenvalue weighted by Crippen LogP contribution is 2.00. The Morgan fingerprint density at radius 3 is 2.56 bits per heavy atom. The summed E-state index contributed by atoms with van der Waals surface area (Å²) in [6, 6.07) is 0.922. The molecule has 0 spiro atoms. The molecule has 5 heteroatoms. The zero-order valence-corrected chi connectivity index (χ0v) is 12.3. The molecule has 0 amide bonds. The van der Waals surface area contributed by atoms with Crippen LogP contribution in [0.2, 0.25) is 0 Å². The van der Waals surface area contributed by atoms with Gasteiger partial charge in [0.1, 0.15) is 5.84 Å². The van der Waals surface area contributed by atoms with E-state index in [2.05, 4.69) is 43.2 Å². The van der Waals surface area contributed by atoms with Gasteiger partial charge in [0.25, 0.3) is 0 Å². The van der Waals surface area contributed by atoms with E-state index in [-0.39, 0.29) is 0 Å². The van der Waals surface area contributed by atoms with Gasteiger partial charge < -0.3 is 21.2 Å². The third-order valence-corrected chi connectivity index (χ3v) is 3.33. The second-order valence-electron chi connectivity index (χ2n) is 5.14. The second kappa shape index (κ2) is 10.1. The summed E-state index contributed by atoms with van der Waals surface area (Å²) in [4.78, 5) is 2.35. The minimum Gasteiger partial charge on any atom is -0.409 e. The van der Waals surface area contributed by atoms with E-state index in [9.17, 15) is 0 Å². The standard InChI is InChI=1S/C13H30N4O/c1-5-12(10-13(14)16-18)15-8-6-7-9-17(4)11(2)3/h11-12,15,18H,5-10H2,1-4H3,(H2,14,16). The smallest absolute Gasteiger partial charge is 0.140 e. The van der Waals surface area contributed by atoms with E-state index in [0.29, 0.717) is 24.3 Å². The van der Waals surface area contributed by atoms with Crippen LogP contribution in [0.5, 0.6) is 0 Å². The molecule has 0 saturated heterocycles. The average molecular weight is 258 g/mol. The number of hydrogen-bond acceptors (Lipinski definition) is 4. The summed E-state index contributed by atoms with van der Waals surface area (Å²) >= 11 is 0. The molecule has 5 nitrogen and oxygen atoms in total. The fourth-order valence-corrected chi connectivity index (χ4v) is 1.70. The van der Waals surface area contributed by atoms with Crippen LogP contribution in [-0.2, 0) is 0 Å². The van der Waals surface area contributed by atoms with Gasteiger partial charge in [0.2, 0.25) is 0 Å². The van der Waals surface area contributed by atoms with Gasteiger partial charge in [0.15, 0.2) is 0 Å². The molecule has 1 unspecified atom stereocenters. The van der Waals surface area contributed by atoms with Crippen molar-refractivity contribution in [2.24, 2.45) is 10.9 Å². The van der Waals surface area contributed by atoms with E-state index in [4.69, 9.17) is 10.9 Å². The molecule has 0 fully saturated rings. The lowest BCUT2D eigenvalue weighted by Gasteiger charge is -2.21. The zero-order chi connectivity index (χ0) is 14.0. The monoisotopic (exact) mass is 258 g/mol. The number of oxime groups is 1. The predicted molar refractivity (Wildman–Crippen MR) is 77.1 cm³/mol. The summed E-state index contributed by atoms with van der Waals surface area (Å²) in [6.07, 6.45) is 3.95. The Morgan fingerprint density at radius 2 is 2.06 bits per heavy atom. The average Bonchev–Trinajstić information content (AvgIpc) is 2.36. The second-order valence-corrected chi connectivity index (χ2v) is 5.14. The Bertz CT molecular complexity index is 231. The maximum Gasteiger partial charge on any atom is 0.140 e. The molecule has 0 aliphatic carbocycles. The topological polar surface area (TPSA) is 73.9 Å². The fourth-order valence-electron chi connectivity index (χ4n) is 1.70. The molecular weight excluding hydrogens is 228 g/mol. The van der Waals surface area contributed by atoms with Crippen LogP contribution < -0.4 is 11.1 Å². The Balaban J connectivity index is 3.63. The predicted octanol–water partition coefficient (Wildman–Crippen LogP) is 1.61. The van der Waals surface area contributed by atoms with Crippen molar-refractivity contribution in [2.45, 2.75) is 58.5 Å². The molecule has 0 aromatic rings. The van der Waals surface area contributed by atoms with Crippen molar-refractivity contribution >= 4 is 5.84 Å². The maximum absolute atomic E-state index is 8.53. The Hall–Kier alpha value is -0.810. The lowest BCUT2D eigenvalue weighted by atomic mass is 10.1. The number of nitrogens with two attached hydrogens (primary N) is 1. The van der Waals surface area contributed by atoms with E-state index >= 15 is 0 Å². The van der Waals surface area contributed by atoms with Crippen molar-refractivity contribution in [2.75, 3.05) is 20.1 Å². The number of hydrogen-bond donors (Lipinski definition) is 3. The normalized spacial score (nSPS) is 14.4. The molecule has 0 aromatic carbocycles. The van der Waals surface area contributed by atoms with E-state index in [1.165, 1.54) is 6.42 Å². The first-order valence-electron chi connectivity index (χ1n) is 6.91. The number of nitrogens with one attached hydrogen (secondary N) is 1. The molecule has 0 bridgehead atoms. The Kier molecular flexibility index (Phi) is 9.69. The maximum atomic E-state index is 8.53. The van der Waals surface area contributed by atoms with Crippen LogP contribution in [0.1, 0.15) is 46.5 Å². The van der Waals surface area contributed by atoms with Gasteiger partial charge in [-0.2, -0.15) is 0 Å². The molecule has 0 radical (unpaired) electrons. The van der Waals surface area contributed by atoms with Crippen LogP contribution in [-0.4, -0.2) is 48.2 Å². The highest BCUT2D eigenvalue weighted by molar-refractivity contribution is 5.80. The first-order valence-corrected chi connectivity index (χ1v) is 6.91. The van der Waals surface area contributed by atoms with Gasteiger partial charge in [-0.05, 0) is 53.2 Å². The molecule has 0 aromatic heterocycles. The third-order valence-electron chi connectivity index (χ3n) is 3.33. The van der Waals surface area contributed by atoms with E-state index < -0.39 is 0 Å². The summed E-state index contributed by atoms with van der Waals surface area (Å²) < 4.78 is 0. The SMILES string of the molecule is CCC(C/C(N)=N/O)NCCCCN(C)C(C)C. The van der Waals surface area contributed by atoms with E-state index in [1.807, 2.05) is 0 Å². The first kappa shape index (κ1) is 17.2. The number of amidine groups is 1. The van der Waals surface area contributed by atoms with Gasteiger partial charge in [-0.1, -0.05) is 12.1 Å². The van der Waals surface area contributed by atoms with Crippen molar-refractivity contribution in [3.63, 3.8) is 0 Å². The van der Waals surface area contributed by atoms with Gasteiger partial charge in [-0.25, -0.2) is 0 Å². The Labute approximate surface area is 111 Å². The minimum absolute atomic E-state index is 0.300. The van der Waals surface area contributed by atoms with Crippen molar-refractivity contribution in [3.05, 3.63) is 0 Å². The molecule has 4 N–H and O–H groups in total. The molecule has 0 aliphatic rings. The van der Waals surface area contributed by atoms with Gasteiger partial charge in [-0.3, -0.25) is 0 Å². The molecule has 0 rings (SSSR count). The lowest BCUT2D eigenvalue weighted by Crippen LogP contribution is -2.34. The Morgan fingerprint density at radius 1 is 1.39 bits per heavy atom. The number of unbranched alkanes of at least 4 members (excludes halogenated alkanes) is 1. The van der Waals surface area contributed by atoms with Gasteiger partial charge in [-0.15, -0.1) is 0 Å². The molecule has 108 valence electrons. The first-order chi connectivity index (χ1) is 8.51. The van der Waals surface area contributed by atoms with Crippen LogP contribution in [0.25, 0.3) is 0 Å². The van der Waals surface area contributed by atoms with Crippen molar-refractivity contribution in [1.29, 1.82) is 0 Å².